The van der Waals surface area contributed by atoms with Crippen molar-refractivity contribution in [3.05, 3.63) is 35.5 Å². The Balaban J connectivity index is 2.01. The Kier molecular flexibility index (Phi) is 3.66. The monoisotopic (exact) mass is 230 g/mol. The minimum atomic E-state index is 0.337. The highest BCUT2D eigenvalue weighted by Crippen LogP contribution is 2.36. The number of carbonyl (C=O) groups is 1. The van der Waals surface area contributed by atoms with Crippen molar-refractivity contribution in [1.29, 1.82) is 0 Å². The van der Waals surface area contributed by atoms with E-state index in [4.69, 9.17) is 0 Å². The molecule has 0 N–H and O–H groups in total. The second kappa shape index (κ2) is 5.03. The van der Waals surface area contributed by atoms with Gasteiger partial charge < -0.3 is 0 Å². The molecule has 0 aromatic heterocycles. The quantitative estimate of drug-likeness (QED) is 0.649. The van der Waals surface area contributed by atoms with Crippen LogP contribution in [0.1, 0.15) is 46.0 Å². The lowest BCUT2D eigenvalue weighted by molar-refractivity contribution is -0.116. The number of hydrogen-bond acceptors (Lipinski definition) is 1. The Morgan fingerprint density at radius 3 is 2.65 bits per heavy atom. The van der Waals surface area contributed by atoms with Gasteiger partial charge in [-0.25, -0.2) is 0 Å². The number of hydrogen-bond donors (Lipinski definition) is 0. The van der Waals surface area contributed by atoms with Gasteiger partial charge in [-0.3, -0.25) is 4.79 Å². The van der Waals surface area contributed by atoms with Crippen molar-refractivity contribution in [3.63, 3.8) is 0 Å². The van der Waals surface area contributed by atoms with Crippen LogP contribution in [0.4, 0.5) is 0 Å². The van der Waals surface area contributed by atoms with Crippen molar-refractivity contribution >= 4 is 5.78 Å². The number of Topliss-reactive ketones (excluding diaryl/α,β-unsaturated/α-hetero) is 1. The zero-order valence-electron chi connectivity index (χ0n) is 11.0. The van der Waals surface area contributed by atoms with Crippen LogP contribution in [0, 0.1) is 11.8 Å². The third-order valence-corrected chi connectivity index (χ3v) is 4.25. The van der Waals surface area contributed by atoms with Crippen LogP contribution >= 0.6 is 0 Å². The first-order valence-electron chi connectivity index (χ1n) is 6.62. The van der Waals surface area contributed by atoms with E-state index in [1.807, 2.05) is 6.92 Å². The molecule has 2 unspecified atom stereocenters. The Morgan fingerprint density at radius 1 is 1.35 bits per heavy atom. The van der Waals surface area contributed by atoms with E-state index >= 15 is 0 Å². The van der Waals surface area contributed by atoms with Crippen molar-refractivity contribution in [3.8, 4) is 0 Å². The minimum absolute atomic E-state index is 0.337. The van der Waals surface area contributed by atoms with Crippen molar-refractivity contribution in [2.75, 3.05) is 0 Å². The smallest absolute Gasteiger partial charge is 0.158 e. The fraction of sp³-hybridized carbons (Fsp3) is 0.562. The maximum absolute atomic E-state index is 11.7. The Labute approximate surface area is 104 Å². The Hall–Kier alpha value is -1.11. The molecule has 0 saturated carbocycles. The summed E-state index contributed by atoms with van der Waals surface area (Å²) in [7, 11) is 0. The van der Waals surface area contributed by atoms with E-state index < -0.39 is 0 Å². The van der Waals surface area contributed by atoms with E-state index in [2.05, 4.69) is 25.7 Å². The van der Waals surface area contributed by atoms with E-state index in [-0.39, 0.29) is 0 Å². The molecule has 0 radical (unpaired) electrons. The summed E-state index contributed by atoms with van der Waals surface area (Å²) in [6.45, 7) is 8.11. The van der Waals surface area contributed by atoms with Crippen molar-refractivity contribution in [2.24, 2.45) is 11.8 Å². The van der Waals surface area contributed by atoms with Gasteiger partial charge in [0.1, 0.15) is 0 Å². The molecule has 17 heavy (non-hydrogen) atoms. The van der Waals surface area contributed by atoms with Gasteiger partial charge in [0.25, 0.3) is 0 Å². The maximum Gasteiger partial charge on any atom is 0.158 e. The lowest BCUT2D eigenvalue weighted by Gasteiger charge is -2.28. The molecule has 0 heterocycles. The van der Waals surface area contributed by atoms with E-state index in [1.165, 1.54) is 17.6 Å². The van der Waals surface area contributed by atoms with Crippen LogP contribution in [0.3, 0.4) is 0 Å². The summed E-state index contributed by atoms with van der Waals surface area (Å²) >= 11 is 0. The molecule has 0 bridgehead atoms. The predicted molar refractivity (Wildman–Crippen MR) is 71.7 cm³/mol. The zero-order valence-corrected chi connectivity index (χ0v) is 11.0. The van der Waals surface area contributed by atoms with Gasteiger partial charge >= 0.3 is 0 Å². The molecule has 92 valence electrons. The van der Waals surface area contributed by atoms with Crippen molar-refractivity contribution < 1.29 is 4.79 Å². The fourth-order valence-corrected chi connectivity index (χ4v) is 2.86. The maximum atomic E-state index is 11.7. The zero-order chi connectivity index (χ0) is 12.4. The SMILES string of the molecule is C=C(C)C1CC=C(C2CC=C(C)C(=O)C2)CC1. The molecule has 0 aromatic carbocycles. The minimum Gasteiger partial charge on any atom is -0.295 e. The van der Waals surface area contributed by atoms with Gasteiger partial charge in [0.2, 0.25) is 0 Å². The molecule has 2 atom stereocenters. The normalized spacial score (nSPS) is 29.6. The first-order valence-corrected chi connectivity index (χ1v) is 6.62. The molecule has 0 amide bonds. The van der Waals surface area contributed by atoms with E-state index in [9.17, 15) is 4.79 Å². The number of allylic oxidation sites excluding steroid dienone is 5. The molecule has 2 rings (SSSR count). The van der Waals surface area contributed by atoms with Gasteiger partial charge in [-0.05, 0) is 56.9 Å². The summed E-state index contributed by atoms with van der Waals surface area (Å²) in [6.07, 6.45) is 9.76. The fourth-order valence-electron chi connectivity index (χ4n) is 2.86. The number of rotatable bonds is 2. The van der Waals surface area contributed by atoms with E-state index in [0.29, 0.717) is 17.6 Å². The molecule has 2 aliphatic rings. The summed E-state index contributed by atoms with van der Waals surface area (Å²) in [6, 6.07) is 0. The number of ketones is 1. The van der Waals surface area contributed by atoms with Crippen LogP contribution < -0.4 is 0 Å². The van der Waals surface area contributed by atoms with Gasteiger partial charge in [-0.2, -0.15) is 0 Å². The molecular formula is C16H22O. The third-order valence-electron chi connectivity index (χ3n) is 4.25. The number of carbonyl (C=O) groups excluding carboxylic acids is 1. The second-order valence-corrected chi connectivity index (χ2v) is 5.54. The first-order chi connectivity index (χ1) is 8.08. The van der Waals surface area contributed by atoms with Gasteiger partial charge in [0.05, 0.1) is 0 Å². The molecular weight excluding hydrogens is 208 g/mol. The van der Waals surface area contributed by atoms with Crippen molar-refractivity contribution in [2.45, 2.75) is 46.0 Å². The topological polar surface area (TPSA) is 17.1 Å². The standard InChI is InChI=1S/C16H22O/c1-11(2)13-6-8-14(9-7-13)15-5-4-12(3)16(17)10-15/h4,8,13,15H,1,5-7,9-10H2,2-3H3. The molecule has 0 aliphatic heterocycles. The molecule has 1 nitrogen and oxygen atoms in total. The average Bonchev–Trinajstić information content (AvgIpc) is 2.33. The molecule has 1 heteroatoms. The molecule has 0 fully saturated rings. The lowest BCUT2D eigenvalue weighted by atomic mass is 9.76. The second-order valence-electron chi connectivity index (χ2n) is 5.54. The van der Waals surface area contributed by atoms with Gasteiger partial charge in [-0.15, -0.1) is 0 Å². The molecule has 0 saturated heterocycles. The summed E-state index contributed by atoms with van der Waals surface area (Å²) in [5.41, 5.74) is 3.77. The Morgan fingerprint density at radius 2 is 2.12 bits per heavy atom. The molecule has 0 spiro atoms. The van der Waals surface area contributed by atoms with E-state index in [1.54, 1.807) is 0 Å². The van der Waals surface area contributed by atoms with Crippen LogP contribution in [-0.2, 0) is 4.79 Å². The van der Waals surface area contributed by atoms with Gasteiger partial charge in [-0.1, -0.05) is 29.9 Å². The highest BCUT2D eigenvalue weighted by molar-refractivity contribution is 5.95. The Bertz CT molecular complexity index is 398. The predicted octanol–water partition coefficient (Wildman–Crippen LogP) is 4.21. The summed E-state index contributed by atoms with van der Waals surface area (Å²) in [5.74, 6) is 1.48. The van der Waals surface area contributed by atoms with Gasteiger partial charge in [0.15, 0.2) is 5.78 Å². The van der Waals surface area contributed by atoms with Crippen molar-refractivity contribution in [1.82, 2.24) is 0 Å². The first kappa shape index (κ1) is 12.3. The summed E-state index contributed by atoms with van der Waals surface area (Å²) < 4.78 is 0. The largest absolute Gasteiger partial charge is 0.295 e. The lowest BCUT2D eigenvalue weighted by Crippen LogP contribution is -2.19. The van der Waals surface area contributed by atoms with Crippen LogP contribution in [0.15, 0.2) is 35.5 Å². The van der Waals surface area contributed by atoms with Gasteiger partial charge in [0, 0.05) is 6.42 Å². The van der Waals surface area contributed by atoms with E-state index in [0.717, 1.165) is 31.3 Å². The molecule has 0 aromatic rings. The van der Waals surface area contributed by atoms with Crippen LogP contribution in [0.5, 0.6) is 0 Å². The highest BCUT2D eigenvalue weighted by Gasteiger charge is 2.25. The summed E-state index contributed by atoms with van der Waals surface area (Å²) in [4.78, 5) is 11.7. The van der Waals surface area contributed by atoms with Crippen LogP contribution in [-0.4, -0.2) is 5.78 Å². The summed E-state index contributed by atoms with van der Waals surface area (Å²) in [5, 5.41) is 0. The third kappa shape index (κ3) is 2.77. The van der Waals surface area contributed by atoms with Crippen LogP contribution in [0.2, 0.25) is 0 Å². The molecule has 2 aliphatic carbocycles. The van der Waals surface area contributed by atoms with Crippen LogP contribution in [0.25, 0.3) is 0 Å². The average molecular weight is 230 g/mol. The highest BCUT2D eigenvalue weighted by atomic mass is 16.1.